The maximum atomic E-state index is 12.7. The summed E-state index contributed by atoms with van der Waals surface area (Å²) >= 11 is 0. The Morgan fingerprint density at radius 2 is 1.79 bits per heavy atom. The van der Waals surface area contributed by atoms with E-state index in [1.165, 1.54) is 17.3 Å². The molecule has 0 unspecified atom stereocenters. The number of piperidine rings is 1. The lowest BCUT2D eigenvalue weighted by Crippen LogP contribution is -2.28. The number of hydrogen-bond donors (Lipinski definition) is 1. The van der Waals surface area contributed by atoms with Crippen LogP contribution < -0.4 is 5.32 Å². The number of benzene rings is 1. The Bertz CT molecular complexity index is 656. The van der Waals surface area contributed by atoms with E-state index in [0.717, 1.165) is 25.0 Å². The van der Waals surface area contributed by atoms with Gasteiger partial charge < -0.3 is 5.32 Å². The summed E-state index contributed by atoms with van der Waals surface area (Å²) in [5, 5.41) is 3.42. The fourth-order valence-electron chi connectivity index (χ4n) is 3.33. The zero-order valence-corrected chi connectivity index (χ0v) is 10.2. The fourth-order valence-corrected chi connectivity index (χ4v) is 3.33. The van der Waals surface area contributed by atoms with Gasteiger partial charge in [0.1, 0.15) is 5.69 Å². The molecule has 98 valence electrons. The first kappa shape index (κ1) is 11.2. The molecule has 1 aliphatic heterocycles. The van der Waals surface area contributed by atoms with Gasteiger partial charge >= 0.3 is 0 Å². The van der Waals surface area contributed by atoms with Crippen molar-refractivity contribution in [3.8, 4) is 0 Å². The zero-order valence-electron chi connectivity index (χ0n) is 10.2. The molecule has 4 rings (SSSR count). The molecule has 1 N–H and O–H groups in total. The van der Waals surface area contributed by atoms with Crippen LogP contribution in [0.1, 0.15) is 41.5 Å². The van der Waals surface area contributed by atoms with Crippen molar-refractivity contribution < 1.29 is 8.78 Å². The van der Waals surface area contributed by atoms with Crippen LogP contribution >= 0.6 is 0 Å². The minimum Gasteiger partial charge on any atom is -0.316 e. The van der Waals surface area contributed by atoms with Crippen molar-refractivity contribution in [2.24, 2.45) is 0 Å². The molecule has 5 heteroatoms. The van der Waals surface area contributed by atoms with Crippen LogP contribution in [0.4, 0.5) is 8.78 Å². The molecule has 2 aliphatic rings. The van der Waals surface area contributed by atoms with E-state index in [2.05, 4.69) is 15.3 Å². The molecule has 2 heterocycles. The van der Waals surface area contributed by atoms with E-state index < -0.39 is 6.43 Å². The van der Waals surface area contributed by atoms with Gasteiger partial charge in [-0.3, -0.25) is 4.98 Å². The Kier molecular flexibility index (Phi) is 2.33. The molecular formula is C14H13F2N3. The highest BCUT2D eigenvalue weighted by molar-refractivity contribution is 5.77. The number of fused-ring (bicyclic) bond motifs is 6. The minimum atomic E-state index is -2.56. The number of rotatable bonds is 1. The fraction of sp³-hybridized carbons (Fsp3) is 0.429. The third kappa shape index (κ3) is 1.64. The second kappa shape index (κ2) is 3.93. The smallest absolute Gasteiger partial charge is 0.281 e. The van der Waals surface area contributed by atoms with Crippen molar-refractivity contribution >= 4 is 11.0 Å². The molecular weight excluding hydrogens is 248 g/mol. The van der Waals surface area contributed by atoms with Crippen molar-refractivity contribution in [2.75, 3.05) is 13.1 Å². The molecule has 0 saturated carbocycles. The van der Waals surface area contributed by atoms with Crippen LogP contribution in [0.25, 0.3) is 11.0 Å². The standard InChI is InChI=1S/C14H13F2N3/c15-14(16)13-6-18-11-2-9-7-1-8(5-17-4-7)10(9)3-12(11)19-13/h2-3,6-8,14,17H,1,4-5H2/t7-,8+/m1/s1. The van der Waals surface area contributed by atoms with Gasteiger partial charge in [-0.15, -0.1) is 0 Å². The van der Waals surface area contributed by atoms with Gasteiger partial charge in [0.25, 0.3) is 6.43 Å². The molecule has 1 aliphatic carbocycles. The predicted octanol–water partition coefficient (Wildman–Crippen LogP) is 2.74. The van der Waals surface area contributed by atoms with Crippen molar-refractivity contribution in [2.45, 2.75) is 24.7 Å². The Morgan fingerprint density at radius 3 is 2.47 bits per heavy atom. The van der Waals surface area contributed by atoms with E-state index in [0.29, 0.717) is 17.4 Å². The highest BCUT2D eigenvalue weighted by Crippen LogP contribution is 2.44. The van der Waals surface area contributed by atoms with Gasteiger partial charge in [-0.05, 0) is 41.5 Å². The van der Waals surface area contributed by atoms with Crippen molar-refractivity contribution in [3.63, 3.8) is 0 Å². The quantitative estimate of drug-likeness (QED) is 0.857. The van der Waals surface area contributed by atoms with Crippen LogP contribution in [0.2, 0.25) is 0 Å². The summed E-state index contributed by atoms with van der Waals surface area (Å²) in [5.41, 5.74) is 3.65. The second-order valence-electron chi connectivity index (χ2n) is 5.35. The molecule has 2 bridgehead atoms. The van der Waals surface area contributed by atoms with E-state index in [1.807, 2.05) is 12.1 Å². The van der Waals surface area contributed by atoms with E-state index in [9.17, 15) is 8.78 Å². The normalized spacial score (nSPS) is 25.0. The Hall–Kier alpha value is -1.62. The lowest BCUT2D eigenvalue weighted by molar-refractivity contribution is 0.146. The third-order valence-corrected chi connectivity index (χ3v) is 4.22. The molecule has 2 aromatic rings. The van der Waals surface area contributed by atoms with E-state index in [4.69, 9.17) is 0 Å². The van der Waals surface area contributed by atoms with Crippen LogP contribution in [0, 0.1) is 0 Å². The van der Waals surface area contributed by atoms with Gasteiger partial charge in [0, 0.05) is 13.1 Å². The van der Waals surface area contributed by atoms with Crippen LogP contribution in [0.15, 0.2) is 18.3 Å². The van der Waals surface area contributed by atoms with Gasteiger partial charge in [0.05, 0.1) is 17.2 Å². The monoisotopic (exact) mass is 261 g/mol. The average Bonchev–Trinajstić information content (AvgIpc) is 2.67. The maximum absolute atomic E-state index is 12.7. The number of halogens is 2. The number of nitrogens with zero attached hydrogens (tertiary/aromatic N) is 2. The summed E-state index contributed by atoms with van der Waals surface area (Å²) in [4.78, 5) is 8.16. The summed E-state index contributed by atoms with van der Waals surface area (Å²) in [6.07, 6.45) is -0.231. The van der Waals surface area contributed by atoms with Gasteiger partial charge in [-0.25, -0.2) is 13.8 Å². The van der Waals surface area contributed by atoms with Crippen molar-refractivity contribution in [1.82, 2.24) is 15.3 Å². The maximum Gasteiger partial charge on any atom is 0.281 e. The predicted molar refractivity (Wildman–Crippen MR) is 67.5 cm³/mol. The van der Waals surface area contributed by atoms with Crippen molar-refractivity contribution in [3.05, 3.63) is 35.2 Å². The summed E-state index contributed by atoms with van der Waals surface area (Å²) < 4.78 is 25.3. The Balaban J connectivity index is 1.91. The SMILES string of the molecule is FC(F)c1cnc2cc3c(cc2n1)[C@@H]1CNC[C@H]3C1. The van der Waals surface area contributed by atoms with Crippen molar-refractivity contribution in [1.29, 1.82) is 0 Å². The van der Waals surface area contributed by atoms with Crippen LogP contribution in [0.5, 0.6) is 0 Å². The molecule has 1 saturated heterocycles. The average molecular weight is 261 g/mol. The Labute approximate surface area is 109 Å². The molecule has 1 fully saturated rings. The molecule has 2 atom stereocenters. The van der Waals surface area contributed by atoms with Gasteiger partial charge in [-0.2, -0.15) is 0 Å². The summed E-state index contributed by atoms with van der Waals surface area (Å²) in [5.74, 6) is 1.03. The topological polar surface area (TPSA) is 37.8 Å². The molecule has 0 amide bonds. The highest BCUT2D eigenvalue weighted by atomic mass is 19.3. The first-order chi connectivity index (χ1) is 9.22. The van der Waals surface area contributed by atoms with E-state index >= 15 is 0 Å². The highest BCUT2D eigenvalue weighted by Gasteiger charge is 2.34. The van der Waals surface area contributed by atoms with Gasteiger partial charge in [0.15, 0.2) is 0 Å². The van der Waals surface area contributed by atoms with E-state index in [1.54, 1.807) is 0 Å². The summed E-state index contributed by atoms with van der Waals surface area (Å²) in [6, 6.07) is 3.99. The number of aromatic nitrogens is 2. The van der Waals surface area contributed by atoms with Gasteiger partial charge in [0.2, 0.25) is 0 Å². The first-order valence-corrected chi connectivity index (χ1v) is 6.51. The lowest BCUT2D eigenvalue weighted by Gasteiger charge is -2.19. The molecule has 1 aromatic heterocycles. The molecule has 0 radical (unpaired) electrons. The second-order valence-corrected chi connectivity index (χ2v) is 5.35. The van der Waals surface area contributed by atoms with Gasteiger partial charge in [-0.1, -0.05) is 0 Å². The number of alkyl halides is 2. The molecule has 0 spiro atoms. The third-order valence-electron chi connectivity index (χ3n) is 4.22. The van der Waals surface area contributed by atoms with Crippen LogP contribution in [-0.2, 0) is 0 Å². The van der Waals surface area contributed by atoms with Crippen LogP contribution in [0.3, 0.4) is 0 Å². The summed E-state index contributed by atoms with van der Waals surface area (Å²) in [7, 11) is 0. The summed E-state index contributed by atoms with van der Waals surface area (Å²) in [6.45, 7) is 1.97. The molecule has 1 aromatic carbocycles. The zero-order chi connectivity index (χ0) is 13.0. The first-order valence-electron chi connectivity index (χ1n) is 6.51. The minimum absolute atomic E-state index is 0.244. The molecule has 3 nitrogen and oxygen atoms in total. The molecule has 19 heavy (non-hydrogen) atoms. The number of nitrogens with one attached hydrogen (secondary N) is 1. The number of hydrogen-bond acceptors (Lipinski definition) is 3. The largest absolute Gasteiger partial charge is 0.316 e. The van der Waals surface area contributed by atoms with Crippen LogP contribution in [-0.4, -0.2) is 23.1 Å². The Morgan fingerprint density at radius 1 is 1.11 bits per heavy atom. The lowest BCUT2D eigenvalue weighted by atomic mass is 9.98. The van der Waals surface area contributed by atoms with E-state index in [-0.39, 0.29) is 5.69 Å².